The van der Waals surface area contributed by atoms with Gasteiger partial charge in [-0.25, -0.2) is 4.79 Å². The molecule has 2 aromatic rings. The molecular formula is C15H17NO3S. The number of carbonyl (C=O) groups is 1. The Hall–Kier alpha value is -1.75. The summed E-state index contributed by atoms with van der Waals surface area (Å²) in [6, 6.07) is 1.90. The van der Waals surface area contributed by atoms with E-state index in [-0.39, 0.29) is 5.97 Å². The molecule has 0 radical (unpaired) electrons. The Morgan fingerprint density at radius 1 is 1.40 bits per heavy atom. The van der Waals surface area contributed by atoms with Crippen LogP contribution in [0.25, 0.3) is 11.1 Å². The molecule has 106 valence electrons. The number of anilines is 1. The number of furan rings is 1. The van der Waals surface area contributed by atoms with Gasteiger partial charge >= 0.3 is 5.97 Å². The third-order valence-corrected chi connectivity index (χ3v) is 4.28. The number of hydrogen-bond donors (Lipinski definition) is 1. The van der Waals surface area contributed by atoms with Crippen LogP contribution in [0.5, 0.6) is 0 Å². The van der Waals surface area contributed by atoms with Crippen molar-refractivity contribution in [3.05, 3.63) is 28.5 Å². The Morgan fingerprint density at radius 3 is 2.85 bits per heavy atom. The molecule has 1 aliphatic carbocycles. The maximum Gasteiger partial charge on any atom is 0.342 e. The Bertz CT molecular complexity index is 676. The summed E-state index contributed by atoms with van der Waals surface area (Å²) in [6.07, 6.45) is 3.36. The lowest BCUT2D eigenvalue weighted by molar-refractivity contribution is 0.00721. The number of hydrogen-bond acceptors (Lipinski definition) is 5. The van der Waals surface area contributed by atoms with Crippen LogP contribution in [0.3, 0.4) is 0 Å². The topological polar surface area (TPSA) is 65.5 Å². The second-order valence-electron chi connectivity index (χ2n) is 5.90. The van der Waals surface area contributed by atoms with Gasteiger partial charge in [0, 0.05) is 22.4 Å². The molecule has 20 heavy (non-hydrogen) atoms. The maximum absolute atomic E-state index is 12.4. The minimum absolute atomic E-state index is 0.360. The molecule has 0 saturated heterocycles. The molecule has 3 rings (SSSR count). The molecule has 1 aliphatic rings. The Morgan fingerprint density at radius 2 is 2.15 bits per heavy atom. The van der Waals surface area contributed by atoms with Crippen molar-refractivity contribution in [2.24, 2.45) is 0 Å². The highest BCUT2D eigenvalue weighted by Gasteiger charge is 2.31. The minimum atomic E-state index is -0.535. The van der Waals surface area contributed by atoms with Gasteiger partial charge < -0.3 is 14.9 Å². The van der Waals surface area contributed by atoms with Crippen molar-refractivity contribution in [2.45, 2.75) is 39.2 Å². The fraction of sp³-hybridized carbons (Fsp3) is 0.400. The van der Waals surface area contributed by atoms with Crippen LogP contribution in [0.1, 0.15) is 41.8 Å². The number of fused-ring (bicyclic) bond motifs is 3. The molecule has 0 atom stereocenters. The van der Waals surface area contributed by atoms with E-state index in [1.807, 2.05) is 26.8 Å². The van der Waals surface area contributed by atoms with Gasteiger partial charge in [0.05, 0.1) is 6.26 Å². The molecule has 0 unspecified atom stereocenters. The van der Waals surface area contributed by atoms with Crippen molar-refractivity contribution in [3.8, 4) is 11.1 Å². The van der Waals surface area contributed by atoms with Gasteiger partial charge in [-0.2, -0.15) is 0 Å². The number of carbonyl (C=O) groups excluding carboxylic acids is 1. The van der Waals surface area contributed by atoms with Crippen molar-refractivity contribution in [1.29, 1.82) is 0 Å². The first-order valence-corrected chi connectivity index (χ1v) is 7.39. The quantitative estimate of drug-likeness (QED) is 0.815. The van der Waals surface area contributed by atoms with E-state index in [1.54, 1.807) is 6.26 Å². The van der Waals surface area contributed by atoms with Crippen molar-refractivity contribution in [3.63, 3.8) is 0 Å². The van der Waals surface area contributed by atoms with Crippen molar-refractivity contribution in [2.75, 3.05) is 5.73 Å². The molecule has 0 spiro atoms. The van der Waals surface area contributed by atoms with Crippen LogP contribution in [0.15, 0.2) is 16.7 Å². The Kier molecular flexibility index (Phi) is 2.90. The lowest BCUT2D eigenvalue weighted by Gasteiger charge is -2.20. The predicted molar refractivity (Wildman–Crippen MR) is 79.0 cm³/mol. The van der Waals surface area contributed by atoms with Crippen LogP contribution in [0, 0.1) is 0 Å². The molecular weight excluding hydrogens is 274 g/mol. The van der Waals surface area contributed by atoms with Gasteiger partial charge in [-0.1, -0.05) is 0 Å². The summed E-state index contributed by atoms with van der Waals surface area (Å²) in [5.41, 5.74) is 7.88. The second kappa shape index (κ2) is 4.38. The number of aryl methyl sites for hydroxylation is 2. The normalized spacial score (nSPS) is 13.8. The zero-order valence-electron chi connectivity index (χ0n) is 11.8. The second-order valence-corrected chi connectivity index (χ2v) is 7.04. The van der Waals surface area contributed by atoms with Gasteiger partial charge in [0.25, 0.3) is 0 Å². The van der Waals surface area contributed by atoms with E-state index in [1.165, 1.54) is 11.3 Å². The molecule has 0 aromatic carbocycles. The zero-order chi connectivity index (χ0) is 14.5. The molecule has 0 amide bonds. The summed E-state index contributed by atoms with van der Waals surface area (Å²) in [5, 5.41) is 0.526. The van der Waals surface area contributed by atoms with Gasteiger partial charge in [-0.3, -0.25) is 0 Å². The molecule has 0 saturated carbocycles. The molecule has 0 fully saturated rings. The SMILES string of the molecule is CC(C)(C)OC(=O)c1c(N)sc2c1-c1ccoc1CC2. The third kappa shape index (κ3) is 2.12. The van der Waals surface area contributed by atoms with Crippen molar-refractivity contribution < 1.29 is 13.9 Å². The molecule has 5 heteroatoms. The van der Waals surface area contributed by atoms with E-state index in [9.17, 15) is 4.79 Å². The van der Waals surface area contributed by atoms with Gasteiger partial charge in [0.1, 0.15) is 21.9 Å². The van der Waals surface area contributed by atoms with E-state index >= 15 is 0 Å². The van der Waals surface area contributed by atoms with Gasteiger partial charge in [0.2, 0.25) is 0 Å². The largest absolute Gasteiger partial charge is 0.469 e. The van der Waals surface area contributed by atoms with Crippen LogP contribution < -0.4 is 5.73 Å². The van der Waals surface area contributed by atoms with E-state index in [0.29, 0.717) is 10.6 Å². The van der Waals surface area contributed by atoms with E-state index < -0.39 is 5.60 Å². The molecule has 0 aliphatic heterocycles. The highest BCUT2D eigenvalue weighted by Crippen LogP contribution is 2.44. The number of ether oxygens (including phenoxy) is 1. The predicted octanol–water partition coefficient (Wildman–Crippen LogP) is 3.64. The van der Waals surface area contributed by atoms with Crippen LogP contribution >= 0.6 is 11.3 Å². The maximum atomic E-state index is 12.4. The van der Waals surface area contributed by atoms with Crippen LogP contribution in [-0.2, 0) is 17.6 Å². The zero-order valence-corrected chi connectivity index (χ0v) is 12.6. The molecule has 2 N–H and O–H groups in total. The first-order valence-electron chi connectivity index (χ1n) is 6.58. The van der Waals surface area contributed by atoms with Crippen molar-refractivity contribution >= 4 is 22.3 Å². The standard InChI is InChI=1S/C15H17NO3S/c1-15(2,3)19-14(17)12-11-8-6-7-18-9(8)4-5-10(11)20-13(12)16/h6-7H,4-5,16H2,1-3H3. The number of nitrogens with two attached hydrogens (primary N) is 1. The van der Waals surface area contributed by atoms with E-state index in [4.69, 9.17) is 14.9 Å². The van der Waals surface area contributed by atoms with Gasteiger partial charge in [-0.15, -0.1) is 11.3 Å². The highest BCUT2D eigenvalue weighted by molar-refractivity contribution is 7.17. The average molecular weight is 291 g/mol. The summed E-state index contributed by atoms with van der Waals surface area (Å²) in [6.45, 7) is 5.55. The van der Waals surface area contributed by atoms with Crippen molar-refractivity contribution in [1.82, 2.24) is 0 Å². The smallest absolute Gasteiger partial charge is 0.342 e. The number of thiophene rings is 1. The molecule has 2 heterocycles. The summed E-state index contributed by atoms with van der Waals surface area (Å²) in [4.78, 5) is 13.6. The van der Waals surface area contributed by atoms with Crippen LogP contribution in [-0.4, -0.2) is 11.6 Å². The lowest BCUT2D eigenvalue weighted by atomic mass is 9.93. The summed E-state index contributed by atoms with van der Waals surface area (Å²) in [5.74, 6) is 0.557. The fourth-order valence-corrected chi connectivity index (χ4v) is 3.55. The van der Waals surface area contributed by atoms with Crippen LogP contribution in [0.4, 0.5) is 5.00 Å². The molecule has 2 aromatic heterocycles. The monoisotopic (exact) mass is 291 g/mol. The Labute approximate surface area is 121 Å². The lowest BCUT2D eigenvalue weighted by Crippen LogP contribution is -2.24. The minimum Gasteiger partial charge on any atom is -0.469 e. The van der Waals surface area contributed by atoms with E-state index in [2.05, 4.69) is 0 Å². The summed E-state index contributed by atoms with van der Waals surface area (Å²) < 4.78 is 10.9. The van der Waals surface area contributed by atoms with Gasteiger partial charge in [-0.05, 0) is 33.3 Å². The average Bonchev–Trinajstić information content (AvgIpc) is 2.87. The summed E-state index contributed by atoms with van der Waals surface area (Å²) >= 11 is 1.47. The first kappa shape index (κ1) is 13.2. The number of nitrogen functional groups attached to an aromatic ring is 1. The highest BCUT2D eigenvalue weighted by atomic mass is 32.1. The number of esters is 1. The molecule has 0 bridgehead atoms. The van der Waals surface area contributed by atoms with Gasteiger partial charge in [0.15, 0.2) is 0 Å². The number of rotatable bonds is 1. The molecule has 4 nitrogen and oxygen atoms in total. The fourth-order valence-electron chi connectivity index (χ4n) is 2.47. The summed E-state index contributed by atoms with van der Waals surface area (Å²) in [7, 11) is 0. The third-order valence-electron chi connectivity index (χ3n) is 3.21. The first-order chi connectivity index (χ1) is 9.37. The Balaban J connectivity index is 2.10. The van der Waals surface area contributed by atoms with Crippen LogP contribution in [0.2, 0.25) is 0 Å². The van der Waals surface area contributed by atoms with E-state index in [0.717, 1.165) is 34.6 Å².